The minimum Gasteiger partial charge on any atom is -0.340 e. The number of aromatic nitrogens is 1. The molecule has 2 aromatic carbocycles. The maximum atomic E-state index is 14.0. The molecule has 3 rings (SSSR count). The normalized spacial score (nSPS) is 11.5. The molecular weight excluding hydrogens is 445 g/mol. The summed E-state index contributed by atoms with van der Waals surface area (Å²) in [5.41, 5.74) is 2.64. The average Bonchev–Trinajstić information content (AvgIpc) is 2.68. The second kappa shape index (κ2) is 8.51. The van der Waals surface area contributed by atoms with E-state index in [0.29, 0.717) is 27.9 Å². The molecule has 0 saturated heterocycles. The minimum absolute atomic E-state index is 0.00116. The predicted octanol–water partition coefficient (Wildman–Crippen LogP) is 5.34. The highest BCUT2D eigenvalue weighted by atomic mass is 79.9. The topological polar surface area (TPSA) is 65.8 Å². The second-order valence-corrected chi connectivity index (χ2v) is 7.44. The van der Waals surface area contributed by atoms with Gasteiger partial charge in [0.05, 0.1) is 28.4 Å². The molecule has 0 saturated carbocycles. The number of hydrogen-bond donors (Lipinski definition) is 1. The molecule has 0 unspecified atom stereocenters. The molecule has 4 nitrogen and oxygen atoms in total. The van der Waals surface area contributed by atoms with Crippen LogP contribution in [0.25, 0.3) is 0 Å². The van der Waals surface area contributed by atoms with Crippen LogP contribution in [-0.4, -0.2) is 10.9 Å². The number of amides is 1. The van der Waals surface area contributed by atoms with Crippen molar-refractivity contribution in [1.82, 2.24) is 10.3 Å². The van der Waals surface area contributed by atoms with Crippen molar-refractivity contribution < 1.29 is 9.18 Å². The third-order valence-corrected chi connectivity index (χ3v) is 5.00. The summed E-state index contributed by atoms with van der Waals surface area (Å²) >= 11 is 9.18. The zero-order valence-electron chi connectivity index (χ0n) is 14.7. The number of aryl methyl sites for hydroxylation is 1. The molecule has 140 valence electrons. The third-order valence-electron chi connectivity index (χ3n) is 4.20. The minimum atomic E-state index is -0.687. The van der Waals surface area contributed by atoms with Crippen LogP contribution in [0, 0.1) is 24.1 Å². The van der Waals surface area contributed by atoms with E-state index in [4.69, 9.17) is 16.9 Å². The van der Waals surface area contributed by atoms with Crippen molar-refractivity contribution in [2.24, 2.45) is 0 Å². The van der Waals surface area contributed by atoms with Crippen LogP contribution in [0.5, 0.6) is 0 Å². The van der Waals surface area contributed by atoms with Crippen molar-refractivity contribution in [1.29, 1.82) is 5.26 Å². The molecule has 0 bridgehead atoms. The van der Waals surface area contributed by atoms with Crippen LogP contribution in [0.15, 0.2) is 59.2 Å². The summed E-state index contributed by atoms with van der Waals surface area (Å²) in [4.78, 5) is 17.2. The summed E-state index contributed by atoms with van der Waals surface area (Å²) in [6.07, 6.45) is 1.59. The van der Waals surface area contributed by atoms with Crippen LogP contribution >= 0.6 is 27.5 Å². The Morgan fingerprint density at radius 1 is 1.25 bits per heavy atom. The summed E-state index contributed by atoms with van der Waals surface area (Å²) in [5, 5.41) is 11.9. The smallest absolute Gasteiger partial charge is 0.252 e. The molecular formula is C21H14BrClFN3O. The predicted molar refractivity (Wildman–Crippen MR) is 109 cm³/mol. The number of halogens is 3. The number of rotatable bonds is 4. The van der Waals surface area contributed by atoms with Crippen LogP contribution in [0.2, 0.25) is 5.02 Å². The molecule has 0 radical (unpaired) electrons. The Hall–Kier alpha value is -2.75. The molecule has 28 heavy (non-hydrogen) atoms. The summed E-state index contributed by atoms with van der Waals surface area (Å²) in [7, 11) is 0. The van der Waals surface area contributed by atoms with Gasteiger partial charge in [-0.2, -0.15) is 5.26 Å². The number of benzene rings is 2. The largest absolute Gasteiger partial charge is 0.340 e. The highest BCUT2D eigenvalue weighted by Crippen LogP contribution is 2.26. The Morgan fingerprint density at radius 2 is 2.04 bits per heavy atom. The summed E-state index contributed by atoms with van der Waals surface area (Å²) < 4.78 is 14.8. The van der Waals surface area contributed by atoms with E-state index < -0.39 is 11.9 Å². The lowest BCUT2D eigenvalue weighted by Crippen LogP contribution is -2.30. The lowest BCUT2D eigenvalue weighted by Gasteiger charge is -2.20. The Morgan fingerprint density at radius 3 is 2.68 bits per heavy atom. The maximum Gasteiger partial charge on any atom is 0.252 e. The van der Waals surface area contributed by atoms with Gasteiger partial charge in [-0.25, -0.2) is 4.39 Å². The third kappa shape index (κ3) is 4.38. The molecule has 0 aliphatic rings. The van der Waals surface area contributed by atoms with Crippen LogP contribution in [0.1, 0.15) is 38.8 Å². The maximum absolute atomic E-state index is 14.0. The molecule has 1 heterocycles. The van der Waals surface area contributed by atoms with E-state index in [1.165, 1.54) is 12.1 Å². The first-order valence-corrected chi connectivity index (χ1v) is 9.44. The van der Waals surface area contributed by atoms with Gasteiger partial charge in [0.15, 0.2) is 0 Å². The molecule has 0 fully saturated rings. The van der Waals surface area contributed by atoms with Crippen molar-refractivity contribution in [3.63, 3.8) is 0 Å². The number of carbonyl (C=O) groups excluding carboxylic acids is 1. The molecule has 7 heteroatoms. The monoisotopic (exact) mass is 457 g/mol. The summed E-state index contributed by atoms with van der Waals surface area (Å²) in [6.45, 7) is 1.76. The second-order valence-electron chi connectivity index (χ2n) is 6.12. The van der Waals surface area contributed by atoms with Gasteiger partial charge >= 0.3 is 0 Å². The molecule has 0 aliphatic carbocycles. The number of nitriles is 1. The van der Waals surface area contributed by atoms with E-state index in [9.17, 15) is 9.18 Å². The van der Waals surface area contributed by atoms with Gasteiger partial charge in [0.25, 0.3) is 5.91 Å². The number of hydrogen-bond acceptors (Lipinski definition) is 3. The van der Waals surface area contributed by atoms with E-state index in [2.05, 4.69) is 32.3 Å². The fourth-order valence-electron chi connectivity index (χ4n) is 2.74. The number of carbonyl (C=O) groups is 1. The highest BCUT2D eigenvalue weighted by molar-refractivity contribution is 9.10. The van der Waals surface area contributed by atoms with Crippen molar-refractivity contribution >= 4 is 33.4 Å². The van der Waals surface area contributed by atoms with Gasteiger partial charge in [-0.15, -0.1) is 0 Å². The van der Waals surface area contributed by atoms with Crippen LogP contribution in [-0.2, 0) is 0 Å². The van der Waals surface area contributed by atoms with Crippen molar-refractivity contribution in [3.05, 3.63) is 98.0 Å². The van der Waals surface area contributed by atoms with Gasteiger partial charge in [-0.1, -0.05) is 33.6 Å². The van der Waals surface area contributed by atoms with Crippen molar-refractivity contribution in [2.45, 2.75) is 13.0 Å². The first-order valence-electron chi connectivity index (χ1n) is 8.27. The van der Waals surface area contributed by atoms with Gasteiger partial charge in [0, 0.05) is 16.2 Å². The van der Waals surface area contributed by atoms with E-state index in [0.717, 1.165) is 4.47 Å². The van der Waals surface area contributed by atoms with E-state index in [1.807, 2.05) is 0 Å². The first-order chi connectivity index (χ1) is 13.4. The number of nitrogens with zero attached hydrogens (tertiary/aromatic N) is 2. The van der Waals surface area contributed by atoms with Crippen molar-refractivity contribution in [2.75, 3.05) is 0 Å². The Kier molecular flexibility index (Phi) is 6.08. The van der Waals surface area contributed by atoms with Gasteiger partial charge in [0.2, 0.25) is 0 Å². The summed E-state index contributed by atoms with van der Waals surface area (Å²) in [5.74, 6) is -0.947. The highest BCUT2D eigenvalue weighted by Gasteiger charge is 2.21. The van der Waals surface area contributed by atoms with Crippen LogP contribution < -0.4 is 5.32 Å². The summed E-state index contributed by atoms with van der Waals surface area (Å²) in [6, 6.07) is 14.1. The van der Waals surface area contributed by atoms with E-state index >= 15 is 0 Å². The fraction of sp³-hybridized carbons (Fsp3) is 0.0952. The quantitative estimate of drug-likeness (QED) is 0.574. The molecule has 0 spiro atoms. The van der Waals surface area contributed by atoms with Crippen molar-refractivity contribution in [3.8, 4) is 6.07 Å². The van der Waals surface area contributed by atoms with Crippen LogP contribution in [0.4, 0.5) is 4.39 Å². The van der Waals surface area contributed by atoms with E-state index in [1.54, 1.807) is 49.5 Å². The number of nitrogens with one attached hydrogen (secondary N) is 1. The van der Waals surface area contributed by atoms with Gasteiger partial charge in [0.1, 0.15) is 5.82 Å². The molecule has 1 atom stereocenters. The SMILES string of the molecule is Cc1cc(C(=O)N[C@@H](c2ccc(Cl)c(F)c2)c2cc(Br)ccn2)ccc1C#N. The Bertz CT molecular complexity index is 1100. The lowest BCUT2D eigenvalue weighted by molar-refractivity contribution is 0.0942. The zero-order valence-corrected chi connectivity index (χ0v) is 17.1. The molecule has 3 aromatic rings. The molecule has 0 aliphatic heterocycles. The Labute approximate surface area is 175 Å². The van der Waals surface area contributed by atoms with Crippen LogP contribution in [0.3, 0.4) is 0 Å². The van der Waals surface area contributed by atoms with E-state index in [-0.39, 0.29) is 10.9 Å². The van der Waals surface area contributed by atoms with Gasteiger partial charge in [-0.3, -0.25) is 9.78 Å². The first kappa shape index (κ1) is 20.0. The lowest BCUT2D eigenvalue weighted by atomic mass is 10.0. The molecule has 1 amide bonds. The molecule has 1 N–H and O–H groups in total. The fourth-order valence-corrected chi connectivity index (χ4v) is 3.21. The van der Waals surface area contributed by atoms with Gasteiger partial charge < -0.3 is 5.32 Å². The average molecular weight is 459 g/mol. The zero-order chi connectivity index (χ0) is 20.3. The van der Waals surface area contributed by atoms with Gasteiger partial charge in [-0.05, 0) is 60.5 Å². The standard InChI is InChI=1S/C21H14BrClFN3O/c1-12-8-14(2-3-15(12)11-25)21(28)27-20(19-10-16(22)6-7-26-19)13-4-5-17(23)18(24)9-13/h2-10,20H,1H3,(H,27,28)/t20-/m0/s1. The number of pyridine rings is 1. The Balaban J connectivity index is 1.99. The molecule has 1 aromatic heterocycles.